The molecule has 3 aromatic rings. The van der Waals surface area contributed by atoms with Crippen LogP contribution in [0.15, 0.2) is 27.9 Å². The van der Waals surface area contributed by atoms with Gasteiger partial charge in [-0.05, 0) is 38.5 Å². The molecule has 200 valence electrons. The van der Waals surface area contributed by atoms with E-state index >= 15 is 0 Å². The fraction of sp³-hybridized carbons (Fsp3) is 0.500. The Kier molecular flexibility index (Phi) is 7.67. The summed E-state index contributed by atoms with van der Waals surface area (Å²) in [5.41, 5.74) is 7.22. The second-order valence-electron chi connectivity index (χ2n) is 9.04. The summed E-state index contributed by atoms with van der Waals surface area (Å²) in [5.74, 6) is 0.400. The van der Waals surface area contributed by atoms with Crippen LogP contribution >= 0.6 is 0 Å². The maximum Gasteiger partial charge on any atom is 0.277 e. The Morgan fingerprint density at radius 1 is 1.22 bits per heavy atom. The third-order valence-corrected chi connectivity index (χ3v) is 8.23. The molecule has 1 fully saturated rings. The molecular weight excluding hydrogens is 498 g/mol. The number of aromatic amines is 1. The third-order valence-electron chi connectivity index (χ3n) is 6.33. The highest BCUT2D eigenvalue weighted by molar-refractivity contribution is 7.89. The number of aryl methyl sites for hydroxylation is 2. The van der Waals surface area contributed by atoms with Gasteiger partial charge in [-0.2, -0.15) is 9.40 Å². The Balaban J connectivity index is 1.74. The number of amides is 1. The minimum Gasteiger partial charge on any atom is -0.493 e. The molecule has 0 aliphatic carbocycles. The number of carbonyl (C=O) groups is 1. The zero-order valence-corrected chi connectivity index (χ0v) is 22.3. The normalized spacial score (nSPS) is 15.8. The van der Waals surface area contributed by atoms with Crippen molar-refractivity contribution in [3.63, 3.8) is 0 Å². The summed E-state index contributed by atoms with van der Waals surface area (Å²) in [6.07, 6.45) is 1.48. The number of carbonyl (C=O) groups excluding carboxylic acids is 1. The monoisotopic (exact) mass is 531 g/mol. The van der Waals surface area contributed by atoms with Crippen molar-refractivity contribution in [2.45, 2.75) is 44.6 Å². The van der Waals surface area contributed by atoms with Gasteiger partial charge in [-0.25, -0.2) is 13.4 Å². The van der Waals surface area contributed by atoms with Crippen LogP contribution in [-0.2, 0) is 28.3 Å². The van der Waals surface area contributed by atoms with E-state index < -0.39 is 16.1 Å². The number of fused-ring (bicyclic) bond motifs is 1. The van der Waals surface area contributed by atoms with Crippen molar-refractivity contribution in [1.82, 2.24) is 29.0 Å². The molecule has 1 aliphatic heterocycles. The molecule has 12 nitrogen and oxygen atoms in total. The summed E-state index contributed by atoms with van der Waals surface area (Å²) < 4.78 is 35.7. The number of sulfonamides is 1. The molecule has 1 saturated heterocycles. The molecule has 37 heavy (non-hydrogen) atoms. The van der Waals surface area contributed by atoms with Gasteiger partial charge < -0.3 is 20.4 Å². The van der Waals surface area contributed by atoms with E-state index in [0.29, 0.717) is 41.1 Å². The summed E-state index contributed by atoms with van der Waals surface area (Å²) in [6, 6.07) is 3.88. The van der Waals surface area contributed by atoms with E-state index in [2.05, 4.69) is 15.1 Å². The number of nitrogens with two attached hydrogens (primary N) is 1. The van der Waals surface area contributed by atoms with E-state index in [1.807, 2.05) is 13.8 Å². The van der Waals surface area contributed by atoms with E-state index in [-0.39, 0.29) is 48.4 Å². The molecular formula is C24H33N7O5S. The molecule has 0 spiro atoms. The number of piperazine rings is 1. The van der Waals surface area contributed by atoms with E-state index in [4.69, 9.17) is 10.5 Å². The van der Waals surface area contributed by atoms with Crippen molar-refractivity contribution in [1.29, 1.82) is 0 Å². The topological polar surface area (TPSA) is 157 Å². The Hall–Kier alpha value is -3.29. The molecule has 0 unspecified atom stereocenters. The molecule has 0 radical (unpaired) electrons. The second kappa shape index (κ2) is 10.6. The molecule has 13 heteroatoms. The number of hydrogen-bond donors (Lipinski definition) is 2. The van der Waals surface area contributed by atoms with E-state index in [1.165, 1.54) is 21.1 Å². The van der Waals surface area contributed by atoms with Crippen molar-refractivity contribution in [3.8, 4) is 17.1 Å². The molecule has 1 atom stereocenters. The SMILES string of the molecule is CCCc1nn(C)c2c(=O)[nH]c(-c3cc(S(=O)(=O)N4CCN(C(=O)[C@H](C)N)CC4)ccc3OCC)nc12. The number of benzene rings is 1. The Bertz CT molecular complexity index is 1470. The van der Waals surface area contributed by atoms with Crippen LogP contribution in [0.4, 0.5) is 0 Å². The zero-order valence-electron chi connectivity index (χ0n) is 21.5. The highest BCUT2D eigenvalue weighted by Gasteiger charge is 2.31. The van der Waals surface area contributed by atoms with E-state index in [9.17, 15) is 18.0 Å². The number of nitrogens with zero attached hydrogens (tertiary/aromatic N) is 5. The van der Waals surface area contributed by atoms with Gasteiger partial charge in [-0.3, -0.25) is 14.3 Å². The first-order chi connectivity index (χ1) is 17.6. The van der Waals surface area contributed by atoms with Crippen LogP contribution in [-0.4, -0.2) is 82.1 Å². The summed E-state index contributed by atoms with van der Waals surface area (Å²) >= 11 is 0. The minimum atomic E-state index is -3.89. The second-order valence-corrected chi connectivity index (χ2v) is 11.0. The van der Waals surface area contributed by atoms with E-state index in [0.717, 1.165) is 6.42 Å². The van der Waals surface area contributed by atoms with Gasteiger partial charge in [-0.15, -0.1) is 0 Å². The lowest BCUT2D eigenvalue weighted by atomic mass is 10.1. The van der Waals surface area contributed by atoms with Crippen LogP contribution in [0.3, 0.4) is 0 Å². The number of ether oxygens (including phenoxy) is 1. The van der Waals surface area contributed by atoms with Crippen LogP contribution in [0.2, 0.25) is 0 Å². The minimum absolute atomic E-state index is 0.0423. The quantitative estimate of drug-likeness (QED) is 0.433. The fourth-order valence-corrected chi connectivity index (χ4v) is 5.95. The third kappa shape index (κ3) is 5.11. The number of nitrogens with one attached hydrogen (secondary N) is 1. The molecule has 2 aromatic heterocycles. The summed E-state index contributed by atoms with van der Waals surface area (Å²) in [6.45, 7) is 6.61. The standard InChI is InChI=1S/C24H33N7O5S/c1-5-7-18-20-21(29(4)28-18)23(32)27-22(26-20)17-14-16(8-9-19(17)36-6-2)37(34,35)31-12-10-30(11-13-31)24(33)15(3)25/h8-9,14-15H,5-7,10-13,25H2,1-4H3,(H,26,27,32)/t15-/m0/s1. The summed E-state index contributed by atoms with van der Waals surface area (Å²) in [5, 5.41) is 4.45. The van der Waals surface area contributed by atoms with Gasteiger partial charge in [-0.1, -0.05) is 13.3 Å². The largest absolute Gasteiger partial charge is 0.493 e. The lowest BCUT2D eigenvalue weighted by Crippen LogP contribution is -2.53. The lowest BCUT2D eigenvalue weighted by molar-refractivity contribution is -0.133. The van der Waals surface area contributed by atoms with Crippen molar-refractivity contribution in [2.24, 2.45) is 12.8 Å². The molecule has 0 bridgehead atoms. The van der Waals surface area contributed by atoms with Gasteiger partial charge in [0.1, 0.15) is 17.1 Å². The van der Waals surface area contributed by atoms with Crippen LogP contribution in [0.1, 0.15) is 32.9 Å². The van der Waals surface area contributed by atoms with Gasteiger partial charge in [0.2, 0.25) is 15.9 Å². The molecule has 1 amide bonds. The fourth-order valence-electron chi connectivity index (χ4n) is 4.50. The first-order valence-corrected chi connectivity index (χ1v) is 13.8. The zero-order chi connectivity index (χ0) is 26.9. The average molecular weight is 532 g/mol. The predicted octanol–water partition coefficient (Wildman–Crippen LogP) is 0.855. The molecule has 0 saturated carbocycles. The summed E-state index contributed by atoms with van der Waals surface area (Å²) in [7, 11) is -2.19. The molecule has 1 aliphatic rings. The maximum absolute atomic E-state index is 13.5. The van der Waals surface area contributed by atoms with Gasteiger partial charge >= 0.3 is 0 Å². The first kappa shape index (κ1) is 26.8. The van der Waals surface area contributed by atoms with Crippen LogP contribution < -0.4 is 16.0 Å². The first-order valence-electron chi connectivity index (χ1n) is 12.4. The molecule has 3 N–H and O–H groups in total. The van der Waals surface area contributed by atoms with Crippen molar-refractivity contribution in [2.75, 3.05) is 32.8 Å². The molecule has 3 heterocycles. The van der Waals surface area contributed by atoms with Crippen molar-refractivity contribution in [3.05, 3.63) is 34.2 Å². The number of rotatable bonds is 8. The highest BCUT2D eigenvalue weighted by Crippen LogP contribution is 2.32. The Labute approximate surface area is 215 Å². The highest BCUT2D eigenvalue weighted by atomic mass is 32.2. The van der Waals surface area contributed by atoms with Crippen LogP contribution in [0, 0.1) is 0 Å². The van der Waals surface area contributed by atoms with Crippen molar-refractivity contribution >= 4 is 27.0 Å². The number of aromatic nitrogens is 4. The van der Waals surface area contributed by atoms with Crippen LogP contribution in [0.25, 0.3) is 22.4 Å². The van der Waals surface area contributed by atoms with Gasteiger partial charge in [0.25, 0.3) is 5.56 Å². The van der Waals surface area contributed by atoms with E-state index in [1.54, 1.807) is 24.9 Å². The number of H-pyrrole nitrogens is 1. The Morgan fingerprint density at radius 2 is 1.92 bits per heavy atom. The maximum atomic E-state index is 13.5. The van der Waals surface area contributed by atoms with Gasteiger partial charge in [0.05, 0.1) is 28.8 Å². The average Bonchev–Trinajstić information content (AvgIpc) is 3.19. The van der Waals surface area contributed by atoms with Gasteiger partial charge in [0.15, 0.2) is 5.52 Å². The van der Waals surface area contributed by atoms with Gasteiger partial charge in [0, 0.05) is 33.2 Å². The lowest BCUT2D eigenvalue weighted by Gasteiger charge is -2.34. The predicted molar refractivity (Wildman–Crippen MR) is 139 cm³/mol. The summed E-state index contributed by atoms with van der Waals surface area (Å²) in [4.78, 5) is 34.2. The smallest absolute Gasteiger partial charge is 0.277 e. The molecule has 4 rings (SSSR count). The molecule has 1 aromatic carbocycles. The van der Waals surface area contributed by atoms with Crippen molar-refractivity contribution < 1.29 is 17.9 Å². The number of hydrogen-bond acceptors (Lipinski definition) is 8. The Morgan fingerprint density at radius 3 is 2.54 bits per heavy atom. The van der Waals surface area contributed by atoms with Crippen LogP contribution in [0.5, 0.6) is 5.75 Å².